The molecule has 2 aliphatic carbocycles. The van der Waals surface area contributed by atoms with E-state index < -0.39 is 45.6 Å². The molecule has 190 valence electrons. The molecule has 2 saturated carbocycles. The quantitative estimate of drug-likeness (QED) is 0.586. The van der Waals surface area contributed by atoms with Crippen molar-refractivity contribution >= 4 is 16.1 Å². The fraction of sp³-hybridized carbons (Fsp3) is 0.750. The molecule has 1 amide bonds. The number of methoxy groups -OCH3 is 1. The van der Waals surface area contributed by atoms with Gasteiger partial charge < -0.3 is 9.47 Å². The third kappa shape index (κ3) is 4.59. The van der Waals surface area contributed by atoms with Crippen LogP contribution in [0.5, 0.6) is 0 Å². The van der Waals surface area contributed by atoms with Gasteiger partial charge in [0.25, 0.3) is 0 Å². The van der Waals surface area contributed by atoms with Crippen molar-refractivity contribution in [1.29, 1.82) is 0 Å². The van der Waals surface area contributed by atoms with Crippen LogP contribution < -0.4 is 4.72 Å². The minimum absolute atomic E-state index is 0.0171. The standard InChI is InChI=1S/C20H26F4N4O5S/c1-11-5-15(27-34(30,31)20(22,23)24)16(28(11)18(29)32-2)10-33-14-3-4-19(7-12(19)6-14)17-25-8-13(21)9-26-17/h8-9,11-12,14-16,27H,3-7,10H2,1-2H3/t11-,12-,14+,15+,16+,19-/m1/s1. The Hall–Kier alpha value is -2.06. The van der Waals surface area contributed by atoms with Crippen molar-refractivity contribution < 1.29 is 40.2 Å². The summed E-state index contributed by atoms with van der Waals surface area (Å²) in [6.07, 6.45) is 4.08. The maximum Gasteiger partial charge on any atom is 0.511 e. The van der Waals surface area contributed by atoms with E-state index in [1.165, 1.54) is 4.90 Å². The highest BCUT2D eigenvalue weighted by atomic mass is 32.2. The number of alkyl halides is 3. The fourth-order valence-electron chi connectivity index (χ4n) is 5.36. The summed E-state index contributed by atoms with van der Waals surface area (Å²) in [7, 11) is -4.46. The number of halogens is 4. The highest BCUT2D eigenvalue weighted by Gasteiger charge is 2.60. The van der Waals surface area contributed by atoms with Crippen LogP contribution in [0.25, 0.3) is 0 Å². The largest absolute Gasteiger partial charge is 0.511 e. The number of nitrogens with one attached hydrogen (secondary N) is 1. The molecule has 1 aromatic heterocycles. The number of fused-ring (bicyclic) bond motifs is 1. The second-order valence-corrected chi connectivity index (χ2v) is 10.9. The Labute approximate surface area is 194 Å². The molecule has 0 spiro atoms. The average Bonchev–Trinajstić information content (AvgIpc) is 3.42. The third-order valence-corrected chi connectivity index (χ3v) is 8.37. The first-order chi connectivity index (χ1) is 15.9. The number of nitrogens with zero attached hydrogens (tertiary/aromatic N) is 3. The van der Waals surface area contributed by atoms with Gasteiger partial charge in [0.2, 0.25) is 0 Å². The summed E-state index contributed by atoms with van der Waals surface area (Å²) in [6.45, 7) is 1.45. The Bertz CT molecular complexity index is 1020. The van der Waals surface area contributed by atoms with Gasteiger partial charge in [0.05, 0.1) is 38.3 Å². The monoisotopic (exact) mass is 510 g/mol. The van der Waals surface area contributed by atoms with Gasteiger partial charge >= 0.3 is 21.6 Å². The van der Waals surface area contributed by atoms with Crippen molar-refractivity contribution in [3.63, 3.8) is 0 Å². The van der Waals surface area contributed by atoms with Crippen LogP contribution in [0.1, 0.15) is 44.9 Å². The molecule has 14 heteroatoms. The maximum atomic E-state index is 13.2. The minimum atomic E-state index is -5.61. The summed E-state index contributed by atoms with van der Waals surface area (Å²) < 4.78 is 87.8. The molecule has 3 aliphatic rings. The van der Waals surface area contributed by atoms with Crippen LogP contribution in [0.3, 0.4) is 0 Å². The predicted molar refractivity (Wildman–Crippen MR) is 109 cm³/mol. The highest BCUT2D eigenvalue weighted by Crippen LogP contribution is 2.61. The van der Waals surface area contributed by atoms with Gasteiger partial charge in [-0.25, -0.2) is 32.3 Å². The summed E-state index contributed by atoms with van der Waals surface area (Å²) in [5.74, 6) is 0.321. The molecular formula is C20H26F4N4O5S. The van der Waals surface area contributed by atoms with Crippen molar-refractivity contribution in [2.24, 2.45) is 5.92 Å². The first kappa shape index (κ1) is 25.0. The Morgan fingerprint density at radius 2 is 1.97 bits per heavy atom. The summed E-state index contributed by atoms with van der Waals surface area (Å²) in [5.41, 5.74) is -5.68. The number of hydrogen-bond acceptors (Lipinski definition) is 7. The topological polar surface area (TPSA) is 111 Å². The van der Waals surface area contributed by atoms with E-state index in [-0.39, 0.29) is 30.5 Å². The molecule has 9 nitrogen and oxygen atoms in total. The lowest BCUT2D eigenvalue weighted by Gasteiger charge is -2.32. The van der Waals surface area contributed by atoms with Crippen molar-refractivity contribution in [3.05, 3.63) is 24.0 Å². The van der Waals surface area contributed by atoms with E-state index in [0.29, 0.717) is 25.1 Å². The van der Waals surface area contributed by atoms with Gasteiger partial charge in [-0.05, 0) is 44.9 Å². The van der Waals surface area contributed by atoms with Gasteiger partial charge in [0, 0.05) is 17.5 Å². The van der Waals surface area contributed by atoms with Gasteiger partial charge in [0.1, 0.15) is 5.82 Å². The van der Waals surface area contributed by atoms with Gasteiger partial charge in [-0.2, -0.15) is 13.2 Å². The predicted octanol–water partition coefficient (Wildman–Crippen LogP) is 2.48. The Kier molecular flexibility index (Phi) is 6.53. The molecular weight excluding hydrogens is 484 g/mol. The van der Waals surface area contributed by atoms with Crippen LogP contribution in [0.4, 0.5) is 22.4 Å². The Morgan fingerprint density at radius 3 is 2.56 bits per heavy atom. The van der Waals surface area contributed by atoms with E-state index in [2.05, 4.69) is 9.97 Å². The molecule has 4 rings (SSSR count). The first-order valence-corrected chi connectivity index (χ1v) is 12.4. The number of carbonyl (C=O) groups is 1. The van der Waals surface area contributed by atoms with E-state index in [1.807, 2.05) is 0 Å². The van der Waals surface area contributed by atoms with Gasteiger partial charge in [0.15, 0.2) is 5.82 Å². The zero-order valence-electron chi connectivity index (χ0n) is 18.6. The number of likely N-dealkylation sites (tertiary alicyclic amines) is 1. The van der Waals surface area contributed by atoms with Crippen LogP contribution in [-0.2, 0) is 24.9 Å². The first-order valence-electron chi connectivity index (χ1n) is 10.9. The summed E-state index contributed by atoms with van der Waals surface area (Å²) in [6, 6.07) is -2.71. The molecule has 3 fully saturated rings. The van der Waals surface area contributed by atoms with Crippen molar-refractivity contribution in [2.75, 3.05) is 13.7 Å². The van der Waals surface area contributed by atoms with Crippen LogP contribution in [0.2, 0.25) is 0 Å². The molecule has 0 bridgehead atoms. The number of ether oxygens (including phenoxy) is 2. The zero-order valence-corrected chi connectivity index (χ0v) is 19.4. The second-order valence-electron chi connectivity index (χ2n) is 9.21. The molecule has 6 atom stereocenters. The SMILES string of the molecule is COC(=O)N1[C@H](C)C[C@H](NS(=O)(=O)C(F)(F)F)[C@@H]1CO[C@H]1CC[C@@]2(c3ncc(F)cn3)C[C@H]2C1. The molecule has 1 aromatic rings. The van der Waals surface area contributed by atoms with Crippen molar-refractivity contribution in [3.8, 4) is 0 Å². The smallest absolute Gasteiger partial charge is 0.453 e. The lowest BCUT2D eigenvalue weighted by Crippen LogP contribution is -2.52. The van der Waals surface area contributed by atoms with Gasteiger partial charge in [-0.15, -0.1) is 0 Å². The number of carbonyl (C=O) groups excluding carboxylic acids is 1. The van der Waals surface area contributed by atoms with Crippen LogP contribution >= 0.6 is 0 Å². The normalized spacial score (nSPS) is 33.5. The second kappa shape index (κ2) is 8.86. The van der Waals surface area contributed by atoms with E-state index >= 15 is 0 Å². The summed E-state index contributed by atoms with van der Waals surface area (Å²) in [4.78, 5) is 21.7. The number of sulfonamides is 1. The lowest BCUT2D eigenvalue weighted by atomic mass is 9.86. The van der Waals surface area contributed by atoms with Gasteiger partial charge in [-0.1, -0.05) is 0 Å². The molecule has 0 unspecified atom stereocenters. The minimum Gasteiger partial charge on any atom is -0.453 e. The molecule has 2 heterocycles. The van der Waals surface area contributed by atoms with Crippen LogP contribution in [0.15, 0.2) is 12.4 Å². The zero-order chi connectivity index (χ0) is 24.9. The van der Waals surface area contributed by atoms with E-state index in [9.17, 15) is 30.8 Å². The molecule has 1 N–H and O–H groups in total. The van der Waals surface area contributed by atoms with E-state index in [0.717, 1.165) is 25.9 Å². The summed E-state index contributed by atoms with van der Waals surface area (Å²) in [5, 5.41) is 0. The number of amides is 1. The van der Waals surface area contributed by atoms with E-state index in [4.69, 9.17) is 9.47 Å². The van der Waals surface area contributed by atoms with Crippen molar-refractivity contribution in [1.82, 2.24) is 19.6 Å². The molecule has 34 heavy (non-hydrogen) atoms. The number of aromatic nitrogens is 2. The molecule has 1 aliphatic heterocycles. The lowest BCUT2D eigenvalue weighted by molar-refractivity contribution is -0.0456. The maximum absolute atomic E-state index is 13.2. The molecule has 1 saturated heterocycles. The highest BCUT2D eigenvalue weighted by molar-refractivity contribution is 7.90. The molecule has 0 radical (unpaired) electrons. The Morgan fingerprint density at radius 1 is 1.29 bits per heavy atom. The average molecular weight is 511 g/mol. The summed E-state index contributed by atoms with van der Waals surface area (Å²) >= 11 is 0. The van der Waals surface area contributed by atoms with Gasteiger partial charge in [-0.3, -0.25) is 4.90 Å². The fourth-order valence-corrected chi connectivity index (χ4v) is 6.15. The van der Waals surface area contributed by atoms with E-state index in [1.54, 1.807) is 11.6 Å². The van der Waals surface area contributed by atoms with Crippen molar-refractivity contribution in [2.45, 2.75) is 74.2 Å². The molecule has 0 aromatic carbocycles. The van der Waals surface area contributed by atoms with Crippen LogP contribution in [0, 0.1) is 11.7 Å². The van der Waals surface area contributed by atoms with Crippen LogP contribution in [-0.4, -0.2) is 72.8 Å². The number of hydrogen-bond donors (Lipinski definition) is 1. The third-order valence-electron chi connectivity index (χ3n) is 7.15. The number of rotatable bonds is 6. The Balaban J connectivity index is 1.42.